The van der Waals surface area contributed by atoms with Gasteiger partial charge in [-0.3, -0.25) is 4.68 Å². The number of piperazine rings is 1. The average Bonchev–Trinajstić information content (AvgIpc) is 3.61. The molecule has 5 aromatic rings. The Labute approximate surface area is 226 Å². The molecule has 6 rings (SSSR count). The molecule has 0 radical (unpaired) electrons. The maximum atomic E-state index is 9.18. The molecule has 0 spiro atoms. The van der Waals surface area contributed by atoms with Crippen LogP contribution in [0.25, 0.3) is 16.6 Å². The number of aliphatic hydroxyl groups is 1. The number of hydrogen-bond acceptors (Lipinski definition) is 9. The van der Waals surface area contributed by atoms with Gasteiger partial charge in [-0.15, -0.1) is 0 Å². The molecule has 1 saturated heterocycles. The molecule has 200 valence electrons. The van der Waals surface area contributed by atoms with E-state index in [1.54, 1.807) is 17.2 Å². The van der Waals surface area contributed by atoms with E-state index in [1.807, 2.05) is 36.2 Å². The summed E-state index contributed by atoms with van der Waals surface area (Å²) in [6.07, 6.45) is 11.0. The van der Waals surface area contributed by atoms with Crippen molar-refractivity contribution in [1.29, 1.82) is 0 Å². The Hall–Kier alpha value is -4.35. The molecule has 0 unspecified atom stereocenters. The van der Waals surface area contributed by atoms with Crippen LogP contribution in [0.4, 0.5) is 11.8 Å². The van der Waals surface area contributed by atoms with Gasteiger partial charge in [0, 0.05) is 67.7 Å². The van der Waals surface area contributed by atoms with Crippen LogP contribution in [0.3, 0.4) is 0 Å². The standard InChI is InChI=1S/C28H32N10O/c1-20-3-5-23(6-4-20)28(2,29)24-15-30-27(31-16-24)36-9-7-35(8-10-36)26-25-13-21(18-38(25)34-19-32-26)22-14-33-37(17-22)11-12-39/h3-6,13-19,39H,7-12,29H2,1-2H3/t28-/m0/s1. The van der Waals surface area contributed by atoms with Gasteiger partial charge in [0.2, 0.25) is 5.95 Å². The second kappa shape index (κ2) is 10.1. The minimum absolute atomic E-state index is 0.0511. The van der Waals surface area contributed by atoms with Gasteiger partial charge in [-0.1, -0.05) is 29.8 Å². The van der Waals surface area contributed by atoms with E-state index in [0.717, 1.165) is 59.8 Å². The zero-order valence-electron chi connectivity index (χ0n) is 22.1. The van der Waals surface area contributed by atoms with Gasteiger partial charge in [0.1, 0.15) is 11.8 Å². The lowest BCUT2D eigenvalue weighted by Crippen LogP contribution is -2.47. The van der Waals surface area contributed by atoms with Crippen molar-refractivity contribution in [3.8, 4) is 11.1 Å². The van der Waals surface area contributed by atoms with Gasteiger partial charge < -0.3 is 20.6 Å². The number of hydrogen-bond donors (Lipinski definition) is 2. The first-order chi connectivity index (χ1) is 18.9. The number of aromatic nitrogens is 7. The van der Waals surface area contributed by atoms with E-state index in [9.17, 15) is 5.11 Å². The van der Waals surface area contributed by atoms with Crippen LogP contribution in [-0.2, 0) is 12.1 Å². The largest absolute Gasteiger partial charge is 0.394 e. The lowest BCUT2D eigenvalue weighted by atomic mass is 9.87. The lowest BCUT2D eigenvalue weighted by molar-refractivity contribution is 0.269. The molecule has 0 saturated carbocycles. The quantitative estimate of drug-likeness (QED) is 0.330. The maximum absolute atomic E-state index is 9.18. The number of benzene rings is 1. The van der Waals surface area contributed by atoms with Crippen LogP contribution in [0, 0.1) is 6.92 Å². The lowest BCUT2D eigenvalue weighted by Gasteiger charge is -2.35. The average molecular weight is 525 g/mol. The Morgan fingerprint density at radius 2 is 1.59 bits per heavy atom. The third-order valence-corrected chi connectivity index (χ3v) is 7.43. The molecule has 1 aliphatic rings. The van der Waals surface area contributed by atoms with Crippen molar-refractivity contribution in [2.75, 3.05) is 42.6 Å². The predicted molar refractivity (Wildman–Crippen MR) is 150 cm³/mol. The Morgan fingerprint density at radius 1 is 0.872 bits per heavy atom. The number of aryl methyl sites for hydroxylation is 1. The molecular formula is C28H32N10O. The highest BCUT2D eigenvalue weighted by molar-refractivity contribution is 5.77. The Morgan fingerprint density at radius 3 is 2.31 bits per heavy atom. The number of nitrogens with two attached hydrogens (primary N) is 1. The number of aliphatic hydroxyl groups excluding tert-OH is 1. The first kappa shape index (κ1) is 25.0. The van der Waals surface area contributed by atoms with Crippen LogP contribution in [0.1, 0.15) is 23.6 Å². The Kier molecular flexibility index (Phi) is 6.45. The fourth-order valence-electron chi connectivity index (χ4n) is 4.99. The van der Waals surface area contributed by atoms with Gasteiger partial charge in [-0.2, -0.15) is 10.2 Å². The zero-order chi connectivity index (χ0) is 27.0. The minimum atomic E-state index is -0.670. The van der Waals surface area contributed by atoms with Crippen molar-refractivity contribution < 1.29 is 5.11 Å². The molecule has 1 aliphatic heterocycles. The number of nitrogens with zero attached hydrogens (tertiary/aromatic N) is 9. The molecule has 5 heterocycles. The monoisotopic (exact) mass is 524 g/mol. The van der Waals surface area contributed by atoms with E-state index >= 15 is 0 Å². The van der Waals surface area contributed by atoms with Gasteiger partial charge in [-0.25, -0.2) is 19.5 Å². The van der Waals surface area contributed by atoms with E-state index in [-0.39, 0.29) is 6.61 Å². The predicted octanol–water partition coefficient (Wildman–Crippen LogP) is 2.23. The third kappa shape index (κ3) is 4.82. The van der Waals surface area contributed by atoms with E-state index in [0.29, 0.717) is 12.5 Å². The summed E-state index contributed by atoms with van der Waals surface area (Å²) < 4.78 is 3.59. The summed E-state index contributed by atoms with van der Waals surface area (Å²) >= 11 is 0. The van der Waals surface area contributed by atoms with Gasteiger partial charge in [0.05, 0.1) is 24.9 Å². The van der Waals surface area contributed by atoms with Crippen LogP contribution >= 0.6 is 0 Å². The molecule has 0 bridgehead atoms. The van der Waals surface area contributed by atoms with Gasteiger partial charge >= 0.3 is 0 Å². The Bertz CT molecular complexity index is 1560. The van der Waals surface area contributed by atoms with Crippen molar-refractivity contribution in [3.63, 3.8) is 0 Å². The van der Waals surface area contributed by atoms with Gasteiger partial charge in [-0.05, 0) is 25.5 Å². The van der Waals surface area contributed by atoms with Crippen LogP contribution in [0.5, 0.6) is 0 Å². The molecule has 39 heavy (non-hydrogen) atoms. The second-order valence-corrected chi connectivity index (χ2v) is 10.2. The summed E-state index contributed by atoms with van der Waals surface area (Å²) in [6, 6.07) is 10.3. The highest BCUT2D eigenvalue weighted by atomic mass is 16.3. The SMILES string of the molecule is Cc1ccc([C@](C)(N)c2cnc(N3CCN(c4ncnn5cc(-c6cnn(CCO)c6)cc45)CC3)nc2)cc1. The summed E-state index contributed by atoms with van der Waals surface area (Å²) in [5.41, 5.74) is 12.0. The highest BCUT2D eigenvalue weighted by Crippen LogP contribution is 2.29. The molecule has 1 fully saturated rings. The van der Waals surface area contributed by atoms with E-state index in [2.05, 4.69) is 72.2 Å². The van der Waals surface area contributed by atoms with Crippen molar-refractivity contribution in [1.82, 2.24) is 34.3 Å². The first-order valence-corrected chi connectivity index (χ1v) is 13.1. The van der Waals surface area contributed by atoms with E-state index in [1.165, 1.54) is 5.56 Å². The second-order valence-electron chi connectivity index (χ2n) is 10.2. The number of anilines is 2. The fourth-order valence-corrected chi connectivity index (χ4v) is 4.99. The van der Waals surface area contributed by atoms with Crippen LogP contribution in [0.2, 0.25) is 0 Å². The molecule has 0 aliphatic carbocycles. The van der Waals surface area contributed by atoms with Crippen molar-refractivity contribution in [3.05, 3.63) is 84.3 Å². The van der Waals surface area contributed by atoms with Crippen LogP contribution in [0.15, 0.2) is 67.6 Å². The van der Waals surface area contributed by atoms with Gasteiger partial charge in [0.25, 0.3) is 0 Å². The zero-order valence-corrected chi connectivity index (χ0v) is 22.1. The topological polar surface area (TPSA) is 127 Å². The van der Waals surface area contributed by atoms with Crippen LogP contribution in [-0.4, -0.2) is 72.2 Å². The summed E-state index contributed by atoms with van der Waals surface area (Å²) in [7, 11) is 0. The first-order valence-electron chi connectivity index (χ1n) is 13.1. The van der Waals surface area contributed by atoms with E-state index < -0.39 is 5.54 Å². The number of fused-ring (bicyclic) bond motifs is 1. The summed E-state index contributed by atoms with van der Waals surface area (Å²) in [6.45, 7) is 7.68. The van der Waals surface area contributed by atoms with E-state index in [4.69, 9.17) is 5.73 Å². The maximum Gasteiger partial charge on any atom is 0.225 e. The molecule has 1 atom stereocenters. The van der Waals surface area contributed by atoms with Gasteiger partial charge in [0.15, 0.2) is 5.82 Å². The summed E-state index contributed by atoms with van der Waals surface area (Å²) in [4.78, 5) is 18.4. The molecule has 4 aromatic heterocycles. The Balaban J connectivity index is 1.15. The molecule has 11 nitrogen and oxygen atoms in total. The molecule has 0 amide bonds. The molecule has 11 heteroatoms. The van der Waals surface area contributed by atoms with Crippen molar-refractivity contribution >= 4 is 17.3 Å². The normalized spacial score (nSPS) is 15.6. The fraction of sp³-hybridized carbons (Fsp3) is 0.321. The van der Waals surface area contributed by atoms with Crippen molar-refractivity contribution in [2.24, 2.45) is 5.73 Å². The highest BCUT2D eigenvalue weighted by Gasteiger charge is 2.26. The van der Waals surface area contributed by atoms with Crippen molar-refractivity contribution in [2.45, 2.75) is 25.9 Å². The molecule has 3 N–H and O–H groups in total. The third-order valence-electron chi connectivity index (χ3n) is 7.43. The summed E-state index contributed by atoms with van der Waals surface area (Å²) in [5, 5.41) is 17.9. The number of rotatable bonds is 7. The summed E-state index contributed by atoms with van der Waals surface area (Å²) in [5.74, 6) is 1.60. The minimum Gasteiger partial charge on any atom is -0.394 e. The van der Waals surface area contributed by atoms with Crippen LogP contribution < -0.4 is 15.5 Å². The smallest absolute Gasteiger partial charge is 0.225 e. The molecular weight excluding hydrogens is 492 g/mol. The molecule has 1 aromatic carbocycles.